The van der Waals surface area contributed by atoms with Gasteiger partial charge in [-0.3, -0.25) is 9.44 Å². The fourth-order valence-electron chi connectivity index (χ4n) is 3.38. The van der Waals surface area contributed by atoms with E-state index in [9.17, 15) is 43.2 Å². The molecule has 2 N–H and O–H groups in total. The average Bonchev–Trinajstić information content (AvgIpc) is 3.39. The van der Waals surface area contributed by atoms with Crippen LogP contribution >= 0.6 is 0 Å². The first kappa shape index (κ1) is 28.8. The third-order valence-electron chi connectivity index (χ3n) is 5.15. The lowest BCUT2D eigenvalue weighted by molar-refractivity contribution is -0.274. The van der Waals surface area contributed by atoms with Crippen molar-refractivity contribution in [1.82, 2.24) is 0 Å². The maximum absolute atomic E-state index is 13.1. The number of sulfonamides is 2. The molecule has 4 aromatic rings. The summed E-state index contributed by atoms with van der Waals surface area (Å²) >= 11 is 0. The lowest BCUT2D eigenvalue weighted by Crippen LogP contribution is -2.19. The molecule has 3 aromatic carbocycles. The Kier molecular flexibility index (Phi) is 7.51. The lowest BCUT2D eigenvalue weighted by atomic mass is 10.1. The molecule has 0 saturated heterocycles. The van der Waals surface area contributed by atoms with Gasteiger partial charge in [0.2, 0.25) is 0 Å². The van der Waals surface area contributed by atoms with Crippen LogP contribution in [0.5, 0.6) is 5.75 Å². The van der Waals surface area contributed by atoms with Gasteiger partial charge in [-0.15, -0.1) is 13.2 Å². The highest BCUT2D eigenvalue weighted by atomic mass is 32.2. The van der Waals surface area contributed by atoms with Crippen LogP contribution in [0.4, 0.5) is 37.7 Å². The molecule has 0 bridgehead atoms. The predicted molar refractivity (Wildman–Crippen MR) is 130 cm³/mol. The Morgan fingerprint density at radius 2 is 1.32 bits per heavy atom. The van der Waals surface area contributed by atoms with Crippen molar-refractivity contribution in [2.24, 2.45) is 0 Å². The molecule has 1 heterocycles. The van der Waals surface area contributed by atoms with Gasteiger partial charge in [0, 0.05) is 5.56 Å². The van der Waals surface area contributed by atoms with Gasteiger partial charge in [0.25, 0.3) is 20.0 Å². The summed E-state index contributed by atoms with van der Waals surface area (Å²) in [4.78, 5) is -1.25. The molecule has 0 atom stereocenters. The molecule has 0 unspecified atom stereocenters. The third-order valence-corrected chi connectivity index (χ3v) is 7.90. The van der Waals surface area contributed by atoms with Crippen molar-refractivity contribution >= 4 is 31.4 Å². The Hall–Kier alpha value is -4.18. The van der Waals surface area contributed by atoms with Crippen LogP contribution in [-0.2, 0) is 26.2 Å². The summed E-state index contributed by atoms with van der Waals surface area (Å²) in [5.74, 6) is -0.419. The van der Waals surface area contributed by atoms with Crippen molar-refractivity contribution in [2.75, 3.05) is 9.44 Å². The Bertz CT molecular complexity index is 1720. The van der Waals surface area contributed by atoms with Crippen LogP contribution in [-0.4, -0.2) is 23.2 Å². The van der Waals surface area contributed by atoms with Crippen molar-refractivity contribution < 1.29 is 52.3 Å². The molecular formula is C24H16F6N2O6S2. The maximum atomic E-state index is 13.1. The Balaban J connectivity index is 1.71. The Morgan fingerprint density at radius 3 is 1.93 bits per heavy atom. The van der Waals surface area contributed by atoms with E-state index in [1.807, 2.05) is 0 Å². The predicted octanol–water partition coefficient (Wildman–Crippen LogP) is 6.47. The minimum Gasteiger partial charge on any atom is -0.464 e. The molecule has 0 aliphatic heterocycles. The first-order chi connectivity index (χ1) is 18.5. The molecule has 0 spiro atoms. The quantitative estimate of drug-likeness (QED) is 0.223. The largest absolute Gasteiger partial charge is 0.573 e. The molecule has 0 aliphatic carbocycles. The smallest absolute Gasteiger partial charge is 0.464 e. The summed E-state index contributed by atoms with van der Waals surface area (Å²) in [5, 5.41) is 0. The van der Waals surface area contributed by atoms with Crippen molar-refractivity contribution in [3.05, 3.63) is 90.7 Å². The third kappa shape index (κ3) is 6.87. The van der Waals surface area contributed by atoms with Crippen LogP contribution < -0.4 is 14.2 Å². The van der Waals surface area contributed by atoms with E-state index in [4.69, 9.17) is 4.42 Å². The number of furan rings is 1. The molecule has 0 saturated carbocycles. The summed E-state index contributed by atoms with van der Waals surface area (Å²) in [5.41, 5.74) is -1.67. The van der Waals surface area contributed by atoms with E-state index in [0.29, 0.717) is 12.1 Å². The number of halogens is 6. The molecule has 212 valence electrons. The van der Waals surface area contributed by atoms with E-state index in [2.05, 4.69) is 14.2 Å². The fraction of sp³-hybridized carbons (Fsp3) is 0.0833. The molecule has 16 heteroatoms. The number of rotatable bonds is 8. The molecule has 0 aliphatic rings. The number of benzene rings is 3. The second-order valence-electron chi connectivity index (χ2n) is 7.99. The van der Waals surface area contributed by atoms with E-state index < -0.39 is 53.7 Å². The zero-order chi connectivity index (χ0) is 29.3. The number of hydrogen-bond donors (Lipinski definition) is 2. The molecule has 8 nitrogen and oxygen atoms in total. The maximum Gasteiger partial charge on any atom is 0.573 e. The molecule has 4 rings (SSSR count). The molecule has 0 fully saturated rings. The second kappa shape index (κ2) is 10.4. The normalized spacial score (nSPS) is 12.7. The monoisotopic (exact) mass is 606 g/mol. The van der Waals surface area contributed by atoms with Crippen molar-refractivity contribution in [3.8, 4) is 17.1 Å². The van der Waals surface area contributed by atoms with Crippen LogP contribution in [0, 0.1) is 0 Å². The second-order valence-corrected chi connectivity index (χ2v) is 11.4. The lowest BCUT2D eigenvalue weighted by Gasteiger charge is -2.16. The minimum absolute atomic E-state index is 0.258. The number of nitrogens with one attached hydrogen (secondary N) is 2. The van der Waals surface area contributed by atoms with Gasteiger partial charge in [0.1, 0.15) is 11.5 Å². The van der Waals surface area contributed by atoms with E-state index in [-0.39, 0.29) is 22.7 Å². The zero-order valence-corrected chi connectivity index (χ0v) is 21.2. The van der Waals surface area contributed by atoms with Crippen molar-refractivity contribution in [2.45, 2.75) is 22.3 Å². The first-order valence-electron chi connectivity index (χ1n) is 10.8. The van der Waals surface area contributed by atoms with E-state index in [0.717, 1.165) is 36.4 Å². The van der Waals surface area contributed by atoms with Crippen LogP contribution in [0.1, 0.15) is 5.56 Å². The average molecular weight is 607 g/mol. The summed E-state index contributed by atoms with van der Waals surface area (Å²) in [7, 11) is -9.19. The van der Waals surface area contributed by atoms with Crippen LogP contribution in [0.3, 0.4) is 0 Å². The van der Waals surface area contributed by atoms with Crippen LogP contribution in [0.25, 0.3) is 11.3 Å². The number of ether oxygens (including phenoxy) is 1. The Morgan fingerprint density at radius 1 is 0.675 bits per heavy atom. The highest BCUT2D eigenvalue weighted by Gasteiger charge is 2.32. The van der Waals surface area contributed by atoms with Crippen LogP contribution in [0.2, 0.25) is 0 Å². The number of anilines is 2. The van der Waals surface area contributed by atoms with Gasteiger partial charge in [-0.05, 0) is 72.8 Å². The summed E-state index contributed by atoms with van der Waals surface area (Å²) in [6.45, 7) is 0. The SMILES string of the molecule is O=S(=O)(Nc1ccc(-c2ccco2)cc1NS(=O)(=O)c1cccc(C(F)(F)F)c1)c1ccc(OC(F)(F)F)cc1. The van der Waals surface area contributed by atoms with Gasteiger partial charge in [-0.25, -0.2) is 16.8 Å². The molecule has 1 aromatic heterocycles. The Labute approximate surface area is 223 Å². The zero-order valence-electron chi connectivity index (χ0n) is 19.6. The molecule has 0 radical (unpaired) electrons. The van der Waals surface area contributed by atoms with Crippen molar-refractivity contribution in [1.29, 1.82) is 0 Å². The highest BCUT2D eigenvalue weighted by molar-refractivity contribution is 7.93. The topological polar surface area (TPSA) is 115 Å². The minimum atomic E-state index is -5.00. The van der Waals surface area contributed by atoms with Gasteiger partial charge in [-0.1, -0.05) is 6.07 Å². The standard InChI is InChI=1S/C24H16F6N2O6S2/c25-23(26,27)16-3-1-4-19(14-16)40(35,36)32-21-13-15(22-5-2-12-37-22)6-11-20(21)31-39(33,34)18-9-7-17(8-10-18)38-24(28,29)30/h1-14,31-32H. The summed E-state index contributed by atoms with van der Waals surface area (Å²) < 4.78 is 142. The molecule has 0 amide bonds. The number of alkyl halides is 6. The van der Waals surface area contributed by atoms with E-state index in [1.165, 1.54) is 36.6 Å². The summed E-state index contributed by atoms with van der Waals surface area (Å²) in [6.07, 6.45) is -8.50. The fourth-order valence-corrected chi connectivity index (χ4v) is 5.58. The van der Waals surface area contributed by atoms with Gasteiger partial charge < -0.3 is 9.15 Å². The van der Waals surface area contributed by atoms with E-state index in [1.54, 1.807) is 0 Å². The van der Waals surface area contributed by atoms with E-state index >= 15 is 0 Å². The molecule has 40 heavy (non-hydrogen) atoms. The van der Waals surface area contributed by atoms with Crippen LogP contribution in [0.15, 0.2) is 99.3 Å². The van der Waals surface area contributed by atoms with Gasteiger partial charge in [0.15, 0.2) is 0 Å². The summed E-state index contributed by atoms with van der Waals surface area (Å²) in [6, 6.07) is 12.9. The van der Waals surface area contributed by atoms with Crippen molar-refractivity contribution in [3.63, 3.8) is 0 Å². The molecular weight excluding hydrogens is 590 g/mol. The van der Waals surface area contributed by atoms with Gasteiger partial charge in [0.05, 0.1) is 33.0 Å². The highest BCUT2D eigenvalue weighted by Crippen LogP contribution is 2.35. The first-order valence-corrected chi connectivity index (χ1v) is 13.8. The number of hydrogen-bond acceptors (Lipinski definition) is 6. The van der Waals surface area contributed by atoms with Gasteiger partial charge >= 0.3 is 12.5 Å². The van der Waals surface area contributed by atoms with Gasteiger partial charge in [-0.2, -0.15) is 13.2 Å².